The Morgan fingerprint density at radius 1 is 1.03 bits per heavy atom. The fraction of sp³-hybridized carbons (Fsp3) is 0.0909. The van der Waals surface area contributed by atoms with Crippen molar-refractivity contribution in [2.75, 3.05) is 11.9 Å². The molecular formula is C22H19N5O3. The van der Waals surface area contributed by atoms with Crippen LogP contribution < -0.4 is 10.6 Å². The Labute approximate surface area is 172 Å². The maximum absolute atomic E-state index is 12.6. The van der Waals surface area contributed by atoms with Gasteiger partial charge in [-0.2, -0.15) is 0 Å². The van der Waals surface area contributed by atoms with Crippen LogP contribution in [-0.2, 0) is 4.79 Å². The minimum atomic E-state index is -1.12. The molecule has 8 heteroatoms. The van der Waals surface area contributed by atoms with E-state index in [-0.39, 0.29) is 6.54 Å². The predicted molar refractivity (Wildman–Crippen MR) is 113 cm³/mol. The Morgan fingerprint density at radius 3 is 2.53 bits per heavy atom. The quantitative estimate of drug-likeness (QED) is 0.378. The van der Waals surface area contributed by atoms with E-state index in [1.54, 1.807) is 30.6 Å². The van der Waals surface area contributed by atoms with Gasteiger partial charge < -0.3 is 20.7 Å². The summed E-state index contributed by atoms with van der Waals surface area (Å²) in [7, 11) is 0. The number of hydrogen-bond donors (Lipinski definition) is 4. The maximum Gasteiger partial charge on any atom is 0.328 e. The van der Waals surface area contributed by atoms with Gasteiger partial charge in [-0.3, -0.25) is 9.78 Å². The van der Waals surface area contributed by atoms with E-state index in [1.807, 2.05) is 42.5 Å². The Kier molecular flexibility index (Phi) is 5.38. The van der Waals surface area contributed by atoms with Crippen LogP contribution in [-0.4, -0.2) is 44.5 Å². The topological polar surface area (TPSA) is 120 Å². The first-order chi connectivity index (χ1) is 14.6. The molecule has 0 radical (unpaired) electrons. The van der Waals surface area contributed by atoms with Gasteiger partial charge in [0.1, 0.15) is 11.9 Å². The zero-order chi connectivity index (χ0) is 20.9. The van der Waals surface area contributed by atoms with Crippen molar-refractivity contribution in [3.05, 3.63) is 78.6 Å². The number of para-hydroxylation sites is 1. The molecular weight excluding hydrogens is 382 g/mol. The molecule has 4 rings (SSSR count). The van der Waals surface area contributed by atoms with Gasteiger partial charge in [-0.05, 0) is 42.5 Å². The van der Waals surface area contributed by atoms with Crippen molar-refractivity contribution in [1.29, 1.82) is 0 Å². The number of carbonyl (C=O) groups is 2. The van der Waals surface area contributed by atoms with E-state index in [2.05, 4.69) is 25.6 Å². The predicted octanol–water partition coefficient (Wildman–Crippen LogP) is 2.92. The number of carboxylic acid groups (broad SMARTS) is 1. The van der Waals surface area contributed by atoms with E-state index in [1.165, 1.54) is 0 Å². The second-order valence-corrected chi connectivity index (χ2v) is 6.66. The van der Waals surface area contributed by atoms with Crippen molar-refractivity contribution in [2.24, 2.45) is 0 Å². The van der Waals surface area contributed by atoms with Crippen LogP contribution in [0, 0.1) is 0 Å². The number of aliphatic carboxylic acids is 1. The molecule has 8 nitrogen and oxygen atoms in total. The highest BCUT2D eigenvalue weighted by Gasteiger charge is 2.21. The minimum Gasteiger partial charge on any atom is -0.480 e. The SMILES string of the molecule is O=C(N[C@@H](CNc1ccccc1)C(=O)O)c1ccc2nc(-c3ccncc3)[nH]c2c1. The Morgan fingerprint density at radius 2 is 1.80 bits per heavy atom. The van der Waals surface area contributed by atoms with Gasteiger partial charge in [0.05, 0.1) is 11.0 Å². The van der Waals surface area contributed by atoms with Crippen LogP contribution in [0.15, 0.2) is 73.1 Å². The molecule has 4 N–H and O–H groups in total. The van der Waals surface area contributed by atoms with Crippen molar-refractivity contribution >= 4 is 28.6 Å². The molecule has 4 aromatic rings. The molecule has 0 saturated carbocycles. The standard InChI is InChI=1S/C22H19N5O3/c28-21(27-19(22(29)30)13-24-16-4-2-1-3-5-16)15-6-7-17-18(12-15)26-20(25-17)14-8-10-23-11-9-14/h1-12,19,24H,13H2,(H,25,26)(H,27,28)(H,29,30)/t19-/m0/s1. The first-order valence-electron chi connectivity index (χ1n) is 9.33. The van der Waals surface area contributed by atoms with Crippen LogP contribution in [0.3, 0.4) is 0 Å². The van der Waals surface area contributed by atoms with Crippen LogP contribution in [0.5, 0.6) is 0 Å². The van der Waals surface area contributed by atoms with Gasteiger partial charge in [0, 0.05) is 35.8 Å². The Balaban J connectivity index is 1.49. The van der Waals surface area contributed by atoms with Crippen LogP contribution in [0.4, 0.5) is 5.69 Å². The van der Waals surface area contributed by atoms with E-state index in [4.69, 9.17) is 0 Å². The highest BCUT2D eigenvalue weighted by Crippen LogP contribution is 2.20. The molecule has 150 valence electrons. The van der Waals surface area contributed by atoms with Gasteiger partial charge in [0.15, 0.2) is 0 Å². The second kappa shape index (κ2) is 8.44. The number of fused-ring (bicyclic) bond motifs is 1. The van der Waals surface area contributed by atoms with E-state index < -0.39 is 17.9 Å². The minimum absolute atomic E-state index is 0.0591. The third-order valence-electron chi connectivity index (χ3n) is 4.59. The number of pyridine rings is 1. The summed E-state index contributed by atoms with van der Waals surface area (Å²) >= 11 is 0. The molecule has 2 heterocycles. The smallest absolute Gasteiger partial charge is 0.328 e. The fourth-order valence-corrected chi connectivity index (χ4v) is 3.01. The molecule has 1 atom stereocenters. The molecule has 0 spiro atoms. The lowest BCUT2D eigenvalue weighted by Gasteiger charge is -2.16. The molecule has 0 bridgehead atoms. The number of benzene rings is 2. The number of carbonyl (C=O) groups excluding carboxylic acids is 1. The summed E-state index contributed by atoms with van der Waals surface area (Å²) in [5.41, 5.74) is 3.40. The van der Waals surface area contributed by atoms with Crippen molar-refractivity contribution in [1.82, 2.24) is 20.3 Å². The molecule has 0 saturated heterocycles. The van der Waals surface area contributed by atoms with Gasteiger partial charge in [-0.25, -0.2) is 9.78 Å². The van der Waals surface area contributed by atoms with Gasteiger partial charge >= 0.3 is 5.97 Å². The Bertz CT molecular complexity index is 1180. The van der Waals surface area contributed by atoms with E-state index >= 15 is 0 Å². The van der Waals surface area contributed by atoms with Crippen molar-refractivity contribution < 1.29 is 14.7 Å². The molecule has 30 heavy (non-hydrogen) atoms. The number of amides is 1. The number of nitrogens with one attached hydrogen (secondary N) is 3. The van der Waals surface area contributed by atoms with Crippen molar-refractivity contribution in [3.8, 4) is 11.4 Å². The van der Waals surface area contributed by atoms with Crippen molar-refractivity contribution in [3.63, 3.8) is 0 Å². The number of aromatic amines is 1. The summed E-state index contributed by atoms with van der Waals surface area (Å²) in [6.07, 6.45) is 3.35. The molecule has 0 unspecified atom stereocenters. The summed E-state index contributed by atoms with van der Waals surface area (Å²) in [5, 5.41) is 15.1. The van der Waals surface area contributed by atoms with Crippen LogP contribution in [0.25, 0.3) is 22.4 Å². The van der Waals surface area contributed by atoms with E-state index in [0.29, 0.717) is 22.4 Å². The third kappa shape index (κ3) is 4.27. The number of carboxylic acids is 1. The number of aromatic nitrogens is 3. The lowest BCUT2D eigenvalue weighted by atomic mass is 10.1. The average Bonchev–Trinajstić information content (AvgIpc) is 3.21. The maximum atomic E-state index is 12.6. The van der Waals surface area contributed by atoms with Crippen LogP contribution >= 0.6 is 0 Å². The number of hydrogen-bond acceptors (Lipinski definition) is 5. The largest absolute Gasteiger partial charge is 0.480 e. The summed E-state index contributed by atoms with van der Waals surface area (Å²) in [6, 6.07) is 16.8. The number of anilines is 1. The molecule has 1 amide bonds. The monoisotopic (exact) mass is 401 g/mol. The highest BCUT2D eigenvalue weighted by molar-refractivity contribution is 5.99. The molecule has 0 aliphatic heterocycles. The number of H-pyrrole nitrogens is 1. The number of rotatable bonds is 7. The zero-order valence-electron chi connectivity index (χ0n) is 15.9. The van der Waals surface area contributed by atoms with Gasteiger partial charge in [-0.15, -0.1) is 0 Å². The first kappa shape index (κ1) is 19.1. The molecule has 2 aromatic heterocycles. The summed E-state index contributed by atoms with van der Waals surface area (Å²) < 4.78 is 0. The summed E-state index contributed by atoms with van der Waals surface area (Å²) in [6.45, 7) is 0.0591. The van der Waals surface area contributed by atoms with Gasteiger partial charge in [0.2, 0.25) is 0 Å². The summed E-state index contributed by atoms with van der Waals surface area (Å²) in [5.74, 6) is -0.922. The van der Waals surface area contributed by atoms with Crippen molar-refractivity contribution in [2.45, 2.75) is 6.04 Å². The van der Waals surface area contributed by atoms with E-state index in [9.17, 15) is 14.7 Å². The second-order valence-electron chi connectivity index (χ2n) is 6.66. The molecule has 0 aliphatic carbocycles. The number of imidazole rings is 1. The first-order valence-corrected chi connectivity index (χ1v) is 9.33. The van der Waals surface area contributed by atoms with Crippen LogP contribution in [0.1, 0.15) is 10.4 Å². The number of nitrogens with zero attached hydrogens (tertiary/aromatic N) is 2. The molecule has 0 fully saturated rings. The molecule has 0 aliphatic rings. The lowest BCUT2D eigenvalue weighted by molar-refractivity contribution is -0.138. The summed E-state index contributed by atoms with van der Waals surface area (Å²) in [4.78, 5) is 35.9. The average molecular weight is 401 g/mol. The van der Waals surface area contributed by atoms with E-state index in [0.717, 1.165) is 11.3 Å². The normalized spacial score (nSPS) is 11.7. The van der Waals surface area contributed by atoms with Gasteiger partial charge in [-0.1, -0.05) is 18.2 Å². The highest BCUT2D eigenvalue weighted by atomic mass is 16.4. The fourth-order valence-electron chi connectivity index (χ4n) is 3.01. The van der Waals surface area contributed by atoms with Gasteiger partial charge in [0.25, 0.3) is 5.91 Å². The molecule has 2 aromatic carbocycles. The lowest BCUT2D eigenvalue weighted by Crippen LogP contribution is -2.45. The third-order valence-corrected chi connectivity index (χ3v) is 4.59. The van der Waals surface area contributed by atoms with Crippen LogP contribution in [0.2, 0.25) is 0 Å². The Hall–Kier alpha value is -4.20. The zero-order valence-corrected chi connectivity index (χ0v) is 15.9.